The number of para-hydroxylation sites is 3. The van der Waals surface area contributed by atoms with Crippen LogP contribution in [0.2, 0.25) is 0 Å². The number of phenolic OH excluding ortho intramolecular Hbond substituents is 1. The van der Waals surface area contributed by atoms with Crippen LogP contribution in [-0.4, -0.2) is 31.3 Å². The standard InChI is InChI=1S/C22H29NO4/c1-4-22(2,17-9-5-7-11-19(17)26-3)14-15-23-21(25)13-16-27-20-12-8-6-10-18(20)24/h5-12,24H,4,13-16H2,1-3H3,(H,23,25)/t22-/m1/s1. The van der Waals surface area contributed by atoms with Gasteiger partial charge >= 0.3 is 0 Å². The number of carbonyl (C=O) groups is 1. The Balaban J connectivity index is 1.81. The van der Waals surface area contributed by atoms with Crippen molar-refractivity contribution < 1.29 is 19.4 Å². The van der Waals surface area contributed by atoms with Crippen molar-refractivity contribution in [3.63, 3.8) is 0 Å². The Labute approximate surface area is 161 Å². The number of carbonyl (C=O) groups excluding carboxylic acids is 1. The van der Waals surface area contributed by atoms with Crippen molar-refractivity contribution in [3.8, 4) is 17.2 Å². The first-order chi connectivity index (χ1) is 13.0. The van der Waals surface area contributed by atoms with Gasteiger partial charge in [0.25, 0.3) is 0 Å². The van der Waals surface area contributed by atoms with E-state index in [2.05, 4.69) is 25.2 Å². The fourth-order valence-electron chi connectivity index (χ4n) is 3.04. The average Bonchev–Trinajstić information content (AvgIpc) is 2.69. The van der Waals surface area contributed by atoms with Crippen molar-refractivity contribution in [3.05, 3.63) is 54.1 Å². The van der Waals surface area contributed by atoms with Crippen LogP contribution in [0.4, 0.5) is 0 Å². The first-order valence-electron chi connectivity index (χ1n) is 9.31. The second kappa shape index (κ2) is 9.86. The van der Waals surface area contributed by atoms with Crippen LogP contribution in [0.15, 0.2) is 48.5 Å². The highest BCUT2D eigenvalue weighted by atomic mass is 16.5. The smallest absolute Gasteiger partial charge is 0.223 e. The summed E-state index contributed by atoms with van der Waals surface area (Å²) in [6.45, 7) is 5.14. The lowest BCUT2D eigenvalue weighted by molar-refractivity contribution is -0.121. The molecule has 0 bridgehead atoms. The third-order valence-corrected chi connectivity index (χ3v) is 4.99. The van der Waals surface area contributed by atoms with Gasteiger partial charge in [-0.15, -0.1) is 0 Å². The summed E-state index contributed by atoms with van der Waals surface area (Å²) >= 11 is 0. The molecule has 2 rings (SSSR count). The van der Waals surface area contributed by atoms with Crippen molar-refractivity contribution in [1.82, 2.24) is 5.32 Å². The van der Waals surface area contributed by atoms with Crippen LogP contribution >= 0.6 is 0 Å². The molecule has 0 aliphatic heterocycles. The van der Waals surface area contributed by atoms with Gasteiger partial charge in [-0.3, -0.25) is 4.79 Å². The molecular formula is C22H29NO4. The van der Waals surface area contributed by atoms with Crippen molar-refractivity contribution >= 4 is 5.91 Å². The van der Waals surface area contributed by atoms with E-state index in [0.29, 0.717) is 12.3 Å². The Bertz CT molecular complexity index is 747. The van der Waals surface area contributed by atoms with E-state index >= 15 is 0 Å². The van der Waals surface area contributed by atoms with Gasteiger partial charge in [0.15, 0.2) is 11.5 Å². The summed E-state index contributed by atoms with van der Waals surface area (Å²) in [4.78, 5) is 12.1. The summed E-state index contributed by atoms with van der Waals surface area (Å²) in [5.41, 5.74) is 1.08. The fourth-order valence-corrected chi connectivity index (χ4v) is 3.04. The second-order valence-corrected chi connectivity index (χ2v) is 6.78. The van der Waals surface area contributed by atoms with E-state index in [1.807, 2.05) is 18.2 Å². The number of aromatic hydroxyl groups is 1. The number of hydrogen-bond acceptors (Lipinski definition) is 4. The van der Waals surface area contributed by atoms with E-state index in [9.17, 15) is 9.90 Å². The molecule has 1 amide bonds. The van der Waals surface area contributed by atoms with Crippen molar-refractivity contribution in [1.29, 1.82) is 0 Å². The lowest BCUT2D eigenvalue weighted by Crippen LogP contribution is -2.32. The number of rotatable bonds is 10. The molecule has 5 heteroatoms. The molecule has 0 heterocycles. The Morgan fingerprint density at radius 1 is 1.11 bits per heavy atom. The van der Waals surface area contributed by atoms with Gasteiger partial charge in [0.05, 0.1) is 20.1 Å². The zero-order valence-corrected chi connectivity index (χ0v) is 16.3. The minimum absolute atomic E-state index is 0.0658. The van der Waals surface area contributed by atoms with E-state index in [1.165, 1.54) is 0 Å². The molecule has 0 spiro atoms. The molecule has 0 aliphatic rings. The van der Waals surface area contributed by atoms with Crippen LogP contribution < -0.4 is 14.8 Å². The highest BCUT2D eigenvalue weighted by molar-refractivity contribution is 5.76. The Morgan fingerprint density at radius 3 is 2.44 bits per heavy atom. The van der Waals surface area contributed by atoms with Crippen LogP contribution in [0.3, 0.4) is 0 Å². The summed E-state index contributed by atoms with van der Waals surface area (Å²) in [5.74, 6) is 1.28. The van der Waals surface area contributed by atoms with Crippen LogP contribution in [0.1, 0.15) is 38.7 Å². The van der Waals surface area contributed by atoms with Gasteiger partial charge in [-0.1, -0.05) is 44.2 Å². The number of nitrogens with one attached hydrogen (secondary N) is 1. The normalized spacial score (nSPS) is 12.9. The number of phenols is 1. The third kappa shape index (κ3) is 5.64. The molecule has 0 saturated heterocycles. The maximum absolute atomic E-state index is 12.1. The summed E-state index contributed by atoms with van der Waals surface area (Å²) < 4.78 is 10.9. The predicted octanol–water partition coefficient (Wildman–Crippen LogP) is 4.04. The van der Waals surface area contributed by atoms with Gasteiger partial charge in [0, 0.05) is 12.1 Å². The molecule has 0 radical (unpaired) electrons. The summed E-state index contributed by atoms with van der Waals surface area (Å²) in [5, 5.41) is 12.6. The van der Waals surface area contributed by atoms with Gasteiger partial charge in [-0.2, -0.15) is 0 Å². The molecule has 5 nitrogen and oxygen atoms in total. The minimum Gasteiger partial charge on any atom is -0.504 e. The molecule has 2 aromatic carbocycles. The highest BCUT2D eigenvalue weighted by Crippen LogP contribution is 2.36. The molecule has 0 fully saturated rings. The van der Waals surface area contributed by atoms with E-state index in [-0.39, 0.29) is 30.1 Å². The first-order valence-corrected chi connectivity index (χ1v) is 9.31. The molecule has 0 aromatic heterocycles. The zero-order chi connectivity index (χ0) is 19.7. The SMILES string of the molecule is CC[C@](C)(CCNC(=O)CCOc1ccccc1O)c1ccccc1OC. The summed E-state index contributed by atoms with van der Waals surface area (Å²) in [6, 6.07) is 14.8. The Morgan fingerprint density at radius 2 is 1.78 bits per heavy atom. The zero-order valence-electron chi connectivity index (χ0n) is 16.3. The molecule has 146 valence electrons. The average molecular weight is 371 g/mol. The van der Waals surface area contributed by atoms with E-state index in [1.54, 1.807) is 31.4 Å². The van der Waals surface area contributed by atoms with Gasteiger partial charge in [0.2, 0.25) is 5.91 Å². The number of methoxy groups -OCH3 is 1. The Kier molecular flexibility index (Phi) is 7.53. The van der Waals surface area contributed by atoms with Crippen molar-refractivity contribution in [2.45, 2.75) is 38.5 Å². The number of amides is 1. The van der Waals surface area contributed by atoms with Crippen LogP contribution in [0.25, 0.3) is 0 Å². The maximum Gasteiger partial charge on any atom is 0.223 e. The molecule has 2 N–H and O–H groups in total. The summed E-state index contributed by atoms with van der Waals surface area (Å²) in [7, 11) is 1.68. The topological polar surface area (TPSA) is 67.8 Å². The third-order valence-electron chi connectivity index (χ3n) is 4.99. The van der Waals surface area contributed by atoms with Gasteiger partial charge in [0.1, 0.15) is 5.75 Å². The minimum atomic E-state index is -0.0772. The predicted molar refractivity (Wildman–Crippen MR) is 106 cm³/mol. The first kappa shape index (κ1) is 20.6. The van der Waals surface area contributed by atoms with Crippen molar-refractivity contribution in [2.75, 3.05) is 20.3 Å². The largest absolute Gasteiger partial charge is 0.504 e. The summed E-state index contributed by atoms with van der Waals surface area (Å²) in [6.07, 6.45) is 2.00. The van der Waals surface area contributed by atoms with Gasteiger partial charge in [-0.05, 0) is 36.5 Å². The van der Waals surface area contributed by atoms with Crippen LogP contribution in [-0.2, 0) is 10.2 Å². The fraction of sp³-hybridized carbons (Fsp3) is 0.409. The van der Waals surface area contributed by atoms with Gasteiger partial charge in [-0.25, -0.2) is 0 Å². The molecule has 2 aromatic rings. The highest BCUT2D eigenvalue weighted by Gasteiger charge is 2.27. The van der Waals surface area contributed by atoms with Crippen LogP contribution in [0, 0.1) is 0 Å². The quantitative estimate of drug-likeness (QED) is 0.661. The molecule has 0 saturated carbocycles. The number of ether oxygens (including phenoxy) is 2. The maximum atomic E-state index is 12.1. The molecule has 1 atom stereocenters. The lowest BCUT2D eigenvalue weighted by atomic mass is 9.77. The Hall–Kier alpha value is -2.69. The molecular weight excluding hydrogens is 342 g/mol. The van der Waals surface area contributed by atoms with Gasteiger partial charge < -0.3 is 19.9 Å². The molecule has 0 aliphatic carbocycles. The van der Waals surface area contributed by atoms with E-state index < -0.39 is 0 Å². The monoisotopic (exact) mass is 371 g/mol. The molecule has 0 unspecified atom stereocenters. The number of benzene rings is 2. The second-order valence-electron chi connectivity index (χ2n) is 6.78. The molecule has 27 heavy (non-hydrogen) atoms. The van der Waals surface area contributed by atoms with Crippen LogP contribution in [0.5, 0.6) is 17.2 Å². The van der Waals surface area contributed by atoms with Crippen molar-refractivity contribution in [2.24, 2.45) is 0 Å². The lowest BCUT2D eigenvalue weighted by Gasteiger charge is -2.30. The van der Waals surface area contributed by atoms with E-state index in [4.69, 9.17) is 9.47 Å². The van der Waals surface area contributed by atoms with E-state index in [0.717, 1.165) is 24.2 Å². The number of hydrogen-bond donors (Lipinski definition) is 2.